The summed E-state index contributed by atoms with van der Waals surface area (Å²) >= 11 is 0. The van der Waals surface area contributed by atoms with E-state index in [4.69, 9.17) is 0 Å². The third kappa shape index (κ3) is 5.16. The molecule has 0 spiro atoms. The molecule has 29 heavy (non-hydrogen) atoms. The number of likely N-dealkylation sites (tertiary alicyclic amines) is 2. The van der Waals surface area contributed by atoms with Gasteiger partial charge in [0, 0.05) is 31.5 Å². The normalized spacial score (nSPS) is 26.4. The molecule has 1 atom stereocenters. The molecule has 0 aromatic carbocycles. The maximum absolute atomic E-state index is 12.9. The molecule has 160 valence electrons. The van der Waals surface area contributed by atoms with Gasteiger partial charge in [-0.1, -0.05) is 12.8 Å². The van der Waals surface area contributed by atoms with Crippen LogP contribution in [0, 0.1) is 5.92 Å². The molecule has 1 amide bonds. The van der Waals surface area contributed by atoms with Crippen molar-refractivity contribution in [3.8, 4) is 0 Å². The van der Waals surface area contributed by atoms with Crippen LogP contribution < -0.4 is 5.32 Å². The zero-order valence-electron chi connectivity index (χ0n) is 17.6. The van der Waals surface area contributed by atoms with Crippen LogP contribution in [-0.2, 0) is 11.3 Å². The molecule has 2 saturated heterocycles. The van der Waals surface area contributed by atoms with Gasteiger partial charge in [-0.25, -0.2) is 0 Å². The van der Waals surface area contributed by atoms with Crippen LogP contribution in [0.15, 0.2) is 24.5 Å². The molecule has 0 radical (unpaired) electrons. The molecule has 1 aromatic heterocycles. The molecule has 4 rings (SSSR count). The highest BCUT2D eigenvalue weighted by molar-refractivity contribution is 5.79. The van der Waals surface area contributed by atoms with E-state index in [-0.39, 0.29) is 24.0 Å². The molecular formula is C23H36N4O2. The second kappa shape index (κ2) is 9.54. The number of nitrogens with zero attached hydrogens (tertiary/aromatic N) is 3. The zero-order valence-corrected chi connectivity index (χ0v) is 17.6. The third-order valence-electron chi connectivity index (χ3n) is 7.30. The topological polar surface area (TPSA) is 68.7 Å². The average Bonchev–Trinajstić information content (AvgIpc) is 3.24. The summed E-state index contributed by atoms with van der Waals surface area (Å²) in [6.07, 6.45) is 12.2. The van der Waals surface area contributed by atoms with Crippen LogP contribution in [-0.4, -0.2) is 70.2 Å². The number of hydrogen-bond acceptors (Lipinski definition) is 5. The molecule has 3 fully saturated rings. The van der Waals surface area contributed by atoms with E-state index in [1.165, 1.54) is 18.4 Å². The number of aliphatic hydroxyl groups is 1. The van der Waals surface area contributed by atoms with E-state index in [9.17, 15) is 9.90 Å². The molecule has 0 bridgehead atoms. The lowest BCUT2D eigenvalue weighted by molar-refractivity contribution is -0.129. The summed E-state index contributed by atoms with van der Waals surface area (Å²) in [6, 6.07) is 4.80. The largest absolute Gasteiger partial charge is 0.394 e. The van der Waals surface area contributed by atoms with Crippen molar-refractivity contribution in [2.24, 2.45) is 5.92 Å². The first kappa shape index (κ1) is 20.8. The molecule has 6 nitrogen and oxygen atoms in total. The molecule has 1 aliphatic carbocycles. The standard InChI is InChI=1S/C23H36N4O2/c28-18-23(9-1-2-10-23)25-22(29)20-4-3-13-27(17-20)21-7-14-26(15-8-21)16-19-5-11-24-12-6-19/h5-6,11-12,20-21,28H,1-4,7-10,13-18H2,(H,25,29)/t20-/m1/s1. The van der Waals surface area contributed by atoms with Crippen molar-refractivity contribution in [1.82, 2.24) is 20.1 Å². The molecule has 2 N–H and O–H groups in total. The number of amides is 1. The number of pyridine rings is 1. The SMILES string of the molecule is O=C(NC1(CO)CCCC1)[C@@H]1CCCN(C2CCN(Cc3ccncc3)CC2)C1. The van der Waals surface area contributed by atoms with Gasteiger partial charge in [-0.15, -0.1) is 0 Å². The van der Waals surface area contributed by atoms with Crippen LogP contribution in [0.1, 0.15) is 56.9 Å². The van der Waals surface area contributed by atoms with Crippen LogP contribution in [0.4, 0.5) is 0 Å². The van der Waals surface area contributed by atoms with Gasteiger partial charge in [-0.05, 0) is 75.9 Å². The van der Waals surface area contributed by atoms with Crippen molar-refractivity contribution in [1.29, 1.82) is 0 Å². The number of piperidine rings is 2. The highest BCUT2D eigenvalue weighted by atomic mass is 16.3. The molecule has 0 unspecified atom stereocenters. The van der Waals surface area contributed by atoms with Crippen LogP contribution in [0.2, 0.25) is 0 Å². The van der Waals surface area contributed by atoms with Crippen molar-refractivity contribution in [2.75, 3.05) is 32.8 Å². The Bertz CT molecular complexity index is 654. The maximum atomic E-state index is 12.9. The third-order valence-corrected chi connectivity index (χ3v) is 7.30. The van der Waals surface area contributed by atoms with Gasteiger partial charge in [0.25, 0.3) is 0 Å². The number of aromatic nitrogens is 1. The minimum absolute atomic E-state index is 0.0719. The van der Waals surface area contributed by atoms with Crippen molar-refractivity contribution in [3.63, 3.8) is 0 Å². The van der Waals surface area contributed by atoms with Gasteiger partial charge in [0.1, 0.15) is 0 Å². The minimum Gasteiger partial charge on any atom is -0.394 e. The van der Waals surface area contributed by atoms with Gasteiger partial charge in [-0.3, -0.25) is 19.6 Å². The molecule has 3 aliphatic rings. The smallest absolute Gasteiger partial charge is 0.224 e. The molecule has 1 saturated carbocycles. The van der Waals surface area contributed by atoms with Crippen molar-refractivity contribution < 1.29 is 9.90 Å². The van der Waals surface area contributed by atoms with Crippen LogP contribution >= 0.6 is 0 Å². The van der Waals surface area contributed by atoms with Gasteiger partial charge >= 0.3 is 0 Å². The van der Waals surface area contributed by atoms with Crippen LogP contribution in [0.5, 0.6) is 0 Å². The van der Waals surface area contributed by atoms with Crippen molar-refractivity contribution >= 4 is 5.91 Å². The summed E-state index contributed by atoms with van der Waals surface area (Å²) in [5.74, 6) is 0.239. The van der Waals surface area contributed by atoms with E-state index < -0.39 is 0 Å². The summed E-state index contributed by atoms with van der Waals surface area (Å²) in [6.45, 7) is 5.31. The Kier molecular flexibility index (Phi) is 6.83. The van der Waals surface area contributed by atoms with Crippen LogP contribution in [0.3, 0.4) is 0 Å². The van der Waals surface area contributed by atoms with Crippen molar-refractivity contribution in [3.05, 3.63) is 30.1 Å². The van der Waals surface area contributed by atoms with E-state index >= 15 is 0 Å². The number of hydrogen-bond donors (Lipinski definition) is 2. The Morgan fingerprint density at radius 3 is 2.52 bits per heavy atom. The highest BCUT2D eigenvalue weighted by Gasteiger charge is 2.38. The monoisotopic (exact) mass is 400 g/mol. The lowest BCUT2D eigenvalue weighted by Crippen LogP contribution is -2.55. The van der Waals surface area contributed by atoms with Gasteiger partial charge in [0.05, 0.1) is 18.1 Å². The fourth-order valence-electron chi connectivity index (χ4n) is 5.48. The first-order valence-electron chi connectivity index (χ1n) is 11.5. The summed E-state index contributed by atoms with van der Waals surface area (Å²) in [7, 11) is 0. The first-order valence-corrected chi connectivity index (χ1v) is 11.5. The maximum Gasteiger partial charge on any atom is 0.224 e. The lowest BCUT2D eigenvalue weighted by Gasteiger charge is -2.42. The Hall–Kier alpha value is -1.50. The first-order chi connectivity index (χ1) is 14.2. The predicted molar refractivity (Wildman–Crippen MR) is 113 cm³/mol. The van der Waals surface area contributed by atoms with Gasteiger partial charge < -0.3 is 10.4 Å². The van der Waals surface area contributed by atoms with Gasteiger partial charge in [0.2, 0.25) is 5.91 Å². The fourth-order valence-corrected chi connectivity index (χ4v) is 5.48. The molecule has 1 aromatic rings. The number of aliphatic hydroxyl groups excluding tert-OH is 1. The Morgan fingerprint density at radius 2 is 1.83 bits per heavy atom. The highest BCUT2D eigenvalue weighted by Crippen LogP contribution is 2.31. The van der Waals surface area contributed by atoms with Gasteiger partial charge in [-0.2, -0.15) is 0 Å². The minimum atomic E-state index is -0.350. The molecular weight excluding hydrogens is 364 g/mol. The predicted octanol–water partition coefficient (Wildman–Crippen LogP) is 2.18. The quantitative estimate of drug-likeness (QED) is 0.766. The van der Waals surface area contributed by atoms with E-state index in [0.717, 1.165) is 71.2 Å². The van der Waals surface area contributed by atoms with E-state index in [2.05, 4.69) is 32.2 Å². The van der Waals surface area contributed by atoms with E-state index in [1.54, 1.807) is 0 Å². The Morgan fingerprint density at radius 1 is 1.10 bits per heavy atom. The van der Waals surface area contributed by atoms with Crippen molar-refractivity contribution in [2.45, 2.75) is 69.5 Å². The molecule has 3 heterocycles. The lowest BCUT2D eigenvalue weighted by atomic mass is 9.91. The zero-order chi connectivity index (χ0) is 20.1. The van der Waals surface area contributed by atoms with E-state index in [1.807, 2.05) is 12.4 Å². The summed E-state index contributed by atoms with van der Waals surface area (Å²) < 4.78 is 0. The summed E-state index contributed by atoms with van der Waals surface area (Å²) in [5.41, 5.74) is 0.982. The number of nitrogens with one attached hydrogen (secondary N) is 1. The number of carbonyl (C=O) groups excluding carboxylic acids is 1. The molecule has 2 aliphatic heterocycles. The van der Waals surface area contributed by atoms with Gasteiger partial charge in [0.15, 0.2) is 0 Å². The number of carbonyl (C=O) groups is 1. The second-order valence-corrected chi connectivity index (χ2v) is 9.33. The summed E-state index contributed by atoms with van der Waals surface area (Å²) in [4.78, 5) is 22.1. The van der Waals surface area contributed by atoms with E-state index in [0.29, 0.717) is 6.04 Å². The Balaban J connectivity index is 1.26. The fraction of sp³-hybridized carbons (Fsp3) is 0.739. The average molecular weight is 401 g/mol. The second-order valence-electron chi connectivity index (χ2n) is 9.33. The molecule has 6 heteroatoms. The summed E-state index contributed by atoms with van der Waals surface area (Å²) in [5, 5.41) is 13.1. The Labute approximate surface area is 174 Å². The van der Waals surface area contributed by atoms with Crippen LogP contribution in [0.25, 0.3) is 0 Å². The number of rotatable bonds is 6.